The molecule has 1 aliphatic heterocycles. The Labute approximate surface area is 130 Å². The summed E-state index contributed by atoms with van der Waals surface area (Å²) in [4.78, 5) is 1.48. The molecule has 0 radical (unpaired) electrons. The van der Waals surface area contributed by atoms with Gasteiger partial charge in [0.1, 0.15) is 17.3 Å². The monoisotopic (exact) mass is 311 g/mol. The molecule has 1 heterocycles. The zero-order valence-corrected chi connectivity index (χ0v) is 13.4. The van der Waals surface area contributed by atoms with Crippen molar-refractivity contribution in [2.75, 3.05) is 19.0 Å². The van der Waals surface area contributed by atoms with E-state index in [1.807, 2.05) is 18.2 Å². The predicted octanol–water partition coefficient (Wildman–Crippen LogP) is 3.38. The Morgan fingerprint density at radius 2 is 2.35 bits per heavy atom. The van der Waals surface area contributed by atoms with Crippen molar-refractivity contribution in [2.24, 2.45) is 5.73 Å². The van der Waals surface area contributed by atoms with Crippen LogP contribution in [-0.2, 0) is 4.74 Å². The molecule has 1 saturated heterocycles. The first-order valence-corrected chi connectivity index (χ1v) is 8.41. The van der Waals surface area contributed by atoms with E-state index in [2.05, 4.69) is 6.92 Å². The number of ether oxygens (including phenoxy) is 2. The van der Waals surface area contributed by atoms with Gasteiger partial charge in [-0.05, 0) is 37.1 Å². The quantitative estimate of drug-likeness (QED) is 0.644. The standard InChI is InChI=1S/C15H21NO2S2/c1-2-20-13-8-5-7-12(14(13)15(16)19)18-10-11-6-3-4-9-17-11/h5,7-8,11H,2-4,6,9-10H2,1H3,(H2,16,19). The molecule has 20 heavy (non-hydrogen) atoms. The summed E-state index contributed by atoms with van der Waals surface area (Å²) >= 11 is 6.90. The summed E-state index contributed by atoms with van der Waals surface area (Å²) in [5.41, 5.74) is 6.71. The van der Waals surface area contributed by atoms with E-state index in [1.54, 1.807) is 11.8 Å². The van der Waals surface area contributed by atoms with Crippen molar-refractivity contribution in [3.63, 3.8) is 0 Å². The van der Waals surface area contributed by atoms with Crippen LogP contribution in [-0.4, -0.2) is 30.1 Å². The largest absolute Gasteiger partial charge is 0.490 e. The zero-order valence-electron chi connectivity index (χ0n) is 11.8. The van der Waals surface area contributed by atoms with E-state index in [9.17, 15) is 0 Å². The molecule has 1 fully saturated rings. The van der Waals surface area contributed by atoms with Gasteiger partial charge in [0.25, 0.3) is 0 Å². The molecule has 0 spiro atoms. The minimum Gasteiger partial charge on any atom is -0.490 e. The number of rotatable bonds is 6. The summed E-state index contributed by atoms with van der Waals surface area (Å²) in [5.74, 6) is 1.75. The highest BCUT2D eigenvalue weighted by Gasteiger charge is 2.17. The fourth-order valence-electron chi connectivity index (χ4n) is 2.27. The lowest BCUT2D eigenvalue weighted by molar-refractivity contribution is -0.0111. The normalized spacial score (nSPS) is 18.8. The fraction of sp³-hybridized carbons (Fsp3) is 0.533. The van der Waals surface area contributed by atoms with E-state index < -0.39 is 0 Å². The third-order valence-corrected chi connectivity index (χ3v) is 4.38. The molecule has 1 aromatic carbocycles. The topological polar surface area (TPSA) is 44.5 Å². The van der Waals surface area contributed by atoms with Gasteiger partial charge in [-0.15, -0.1) is 11.8 Å². The van der Waals surface area contributed by atoms with Gasteiger partial charge in [-0.1, -0.05) is 25.2 Å². The molecular weight excluding hydrogens is 290 g/mol. The molecule has 0 aliphatic carbocycles. The highest BCUT2D eigenvalue weighted by molar-refractivity contribution is 7.99. The van der Waals surface area contributed by atoms with Gasteiger partial charge in [0.15, 0.2) is 0 Å². The van der Waals surface area contributed by atoms with Crippen LogP contribution in [0.25, 0.3) is 0 Å². The Balaban J connectivity index is 2.09. The van der Waals surface area contributed by atoms with Crippen molar-refractivity contribution in [2.45, 2.75) is 37.2 Å². The van der Waals surface area contributed by atoms with Crippen molar-refractivity contribution in [1.29, 1.82) is 0 Å². The molecule has 5 heteroatoms. The van der Waals surface area contributed by atoms with Crippen LogP contribution in [0.2, 0.25) is 0 Å². The molecule has 2 rings (SSSR count). The SMILES string of the molecule is CCSc1cccc(OCC2CCCCO2)c1C(N)=S. The van der Waals surface area contributed by atoms with E-state index in [-0.39, 0.29) is 6.10 Å². The lowest BCUT2D eigenvalue weighted by Gasteiger charge is -2.23. The van der Waals surface area contributed by atoms with Gasteiger partial charge >= 0.3 is 0 Å². The smallest absolute Gasteiger partial charge is 0.130 e. The summed E-state index contributed by atoms with van der Waals surface area (Å²) in [5, 5.41) is 0. The Morgan fingerprint density at radius 3 is 3.00 bits per heavy atom. The maximum absolute atomic E-state index is 5.92. The maximum Gasteiger partial charge on any atom is 0.130 e. The van der Waals surface area contributed by atoms with E-state index in [1.165, 1.54) is 6.42 Å². The molecule has 1 aromatic rings. The molecule has 0 bridgehead atoms. The van der Waals surface area contributed by atoms with Gasteiger partial charge in [-0.25, -0.2) is 0 Å². The summed E-state index contributed by atoms with van der Waals surface area (Å²) in [7, 11) is 0. The summed E-state index contributed by atoms with van der Waals surface area (Å²) in [6.07, 6.45) is 3.61. The lowest BCUT2D eigenvalue weighted by atomic mass is 10.1. The van der Waals surface area contributed by atoms with Crippen LogP contribution < -0.4 is 10.5 Å². The van der Waals surface area contributed by atoms with Gasteiger partial charge < -0.3 is 15.2 Å². The molecular formula is C15H21NO2S2. The van der Waals surface area contributed by atoms with Crippen LogP contribution in [0.15, 0.2) is 23.1 Å². The van der Waals surface area contributed by atoms with Crippen LogP contribution in [0.4, 0.5) is 0 Å². The van der Waals surface area contributed by atoms with Crippen molar-refractivity contribution >= 4 is 29.0 Å². The molecule has 1 aliphatic rings. The van der Waals surface area contributed by atoms with Crippen LogP contribution in [0.3, 0.4) is 0 Å². The molecule has 1 unspecified atom stereocenters. The van der Waals surface area contributed by atoms with E-state index in [0.717, 1.165) is 41.4 Å². The number of benzene rings is 1. The van der Waals surface area contributed by atoms with Crippen LogP contribution in [0.1, 0.15) is 31.7 Å². The number of hydrogen-bond donors (Lipinski definition) is 1. The predicted molar refractivity (Wildman–Crippen MR) is 87.8 cm³/mol. The second kappa shape index (κ2) is 7.86. The number of hydrogen-bond acceptors (Lipinski definition) is 4. The summed E-state index contributed by atoms with van der Waals surface area (Å²) in [6, 6.07) is 5.94. The van der Waals surface area contributed by atoms with Gasteiger partial charge in [0.2, 0.25) is 0 Å². The third kappa shape index (κ3) is 4.11. The fourth-order valence-corrected chi connectivity index (χ4v) is 3.39. The molecule has 0 amide bonds. The van der Waals surface area contributed by atoms with Crippen molar-refractivity contribution < 1.29 is 9.47 Å². The molecule has 110 valence electrons. The average Bonchev–Trinajstić information content (AvgIpc) is 2.46. The Morgan fingerprint density at radius 1 is 1.50 bits per heavy atom. The van der Waals surface area contributed by atoms with Crippen LogP contribution in [0, 0.1) is 0 Å². The van der Waals surface area contributed by atoms with E-state index in [0.29, 0.717) is 11.6 Å². The molecule has 2 N–H and O–H groups in total. The van der Waals surface area contributed by atoms with Crippen LogP contribution >= 0.6 is 24.0 Å². The highest BCUT2D eigenvalue weighted by Crippen LogP contribution is 2.30. The Bertz CT molecular complexity index is 459. The highest BCUT2D eigenvalue weighted by atomic mass is 32.2. The Kier molecular flexibility index (Phi) is 6.13. The summed E-state index contributed by atoms with van der Waals surface area (Å²) < 4.78 is 11.6. The van der Waals surface area contributed by atoms with E-state index in [4.69, 9.17) is 27.4 Å². The first-order valence-electron chi connectivity index (χ1n) is 7.02. The minimum absolute atomic E-state index is 0.186. The van der Waals surface area contributed by atoms with Gasteiger partial charge in [0, 0.05) is 11.5 Å². The van der Waals surface area contributed by atoms with Gasteiger partial charge in [-0.2, -0.15) is 0 Å². The van der Waals surface area contributed by atoms with Crippen molar-refractivity contribution in [1.82, 2.24) is 0 Å². The van der Waals surface area contributed by atoms with Gasteiger partial charge in [-0.3, -0.25) is 0 Å². The zero-order chi connectivity index (χ0) is 14.4. The van der Waals surface area contributed by atoms with Crippen LogP contribution in [0.5, 0.6) is 5.75 Å². The first kappa shape index (κ1) is 15.6. The third-order valence-electron chi connectivity index (χ3n) is 3.23. The molecule has 0 aromatic heterocycles. The maximum atomic E-state index is 5.92. The van der Waals surface area contributed by atoms with Gasteiger partial charge in [0.05, 0.1) is 11.7 Å². The first-order chi connectivity index (χ1) is 9.72. The lowest BCUT2D eigenvalue weighted by Crippen LogP contribution is -2.26. The number of nitrogens with two attached hydrogens (primary N) is 1. The molecule has 0 saturated carbocycles. The summed E-state index contributed by atoms with van der Waals surface area (Å²) in [6.45, 7) is 3.51. The van der Waals surface area contributed by atoms with Crippen molar-refractivity contribution in [3.8, 4) is 5.75 Å². The number of thiocarbonyl (C=S) groups is 1. The molecule has 3 nitrogen and oxygen atoms in total. The second-order valence-corrected chi connectivity index (χ2v) is 6.47. The van der Waals surface area contributed by atoms with Crippen molar-refractivity contribution in [3.05, 3.63) is 23.8 Å². The average molecular weight is 311 g/mol. The molecule has 1 atom stereocenters. The van der Waals surface area contributed by atoms with E-state index >= 15 is 0 Å². The Hall–Kier alpha value is -0.780. The second-order valence-electron chi connectivity index (χ2n) is 4.73. The number of thioether (sulfide) groups is 1. The minimum atomic E-state index is 0.186.